The Morgan fingerprint density at radius 2 is 1.72 bits per heavy atom. The number of carbonyl (C=O) groups excluding carboxylic acids is 2. The van der Waals surface area contributed by atoms with Crippen molar-refractivity contribution in [2.45, 2.75) is 6.92 Å². The number of ether oxygens (including phenoxy) is 1. The molecule has 1 heterocycles. The summed E-state index contributed by atoms with van der Waals surface area (Å²) in [6, 6.07) is 19.6. The zero-order valence-corrected chi connectivity index (χ0v) is 15.8. The van der Waals surface area contributed by atoms with Crippen LogP contribution in [0.4, 0.5) is 5.69 Å². The second-order valence-corrected chi connectivity index (χ2v) is 6.11. The Balaban J connectivity index is 1.51. The Kier molecular flexibility index (Phi) is 6.67. The predicted molar refractivity (Wildman–Crippen MR) is 111 cm³/mol. The van der Waals surface area contributed by atoms with Gasteiger partial charge in [-0.05, 0) is 61.0 Å². The van der Waals surface area contributed by atoms with Crippen molar-refractivity contribution in [2.75, 3.05) is 11.9 Å². The van der Waals surface area contributed by atoms with E-state index >= 15 is 0 Å². The Morgan fingerprint density at radius 3 is 2.41 bits per heavy atom. The first-order valence-electron chi connectivity index (χ1n) is 8.94. The van der Waals surface area contributed by atoms with Crippen molar-refractivity contribution in [3.8, 4) is 5.75 Å². The molecule has 2 amide bonds. The number of anilines is 1. The van der Waals surface area contributed by atoms with Crippen molar-refractivity contribution in [3.05, 3.63) is 90.3 Å². The highest BCUT2D eigenvalue weighted by molar-refractivity contribution is 6.00. The normalized spacial score (nSPS) is 10.9. The Labute approximate surface area is 168 Å². The lowest BCUT2D eigenvalue weighted by molar-refractivity contribution is -0.118. The molecule has 2 N–H and O–H groups in total. The molecule has 7 nitrogen and oxygen atoms in total. The summed E-state index contributed by atoms with van der Waals surface area (Å²) in [6.45, 7) is 1.69. The van der Waals surface area contributed by atoms with Gasteiger partial charge in [0.2, 0.25) is 0 Å². The lowest BCUT2D eigenvalue weighted by Gasteiger charge is -2.08. The average molecular weight is 388 g/mol. The van der Waals surface area contributed by atoms with E-state index in [1.54, 1.807) is 49.5 Å². The van der Waals surface area contributed by atoms with Crippen LogP contribution in [0.2, 0.25) is 0 Å². The molecule has 0 fully saturated rings. The highest BCUT2D eigenvalue weighted by atomic mass is 16.5. The van der Waals surface area contributed by atoms with Crippen molar-refractivity contribution in [1.82, 2.24) is 10.4 Å². The van der Waals surface area contributed by atoms with E-state index in [2.05, 4.69) is 20.8 Å². The third-order valence-electron chi connectivity index (χ3n) is 3.95. The van der Waals surface area contributed by atoms with Crippen LogP contribution in [0.25, 0.3) is 0 Å². The monoisotopic (exact) mass is 388 g/mol. The fourth-order valence-electron chi connectivity index (χ4n) is 2.42. The molecule has 0 unspecified atom stereocenters. The van der Waals surface area contributed by atoms with Gasteiger partial charge in [0.05, 0.1) is 11.3 Å². The fraction of sp³-hybridized carbons (Fsp3) is 0.0909. The molecule has 0 atom stereocenters. The maximum absolute atomic E-state index is 12.0. The minimum atomic E-state index is -0.332. The molecule has 0 aliphatic heterocycles. The molecule has 1 aromatic heterocycles. The number of benzene rings is 2. The van der Waals surface area contributed by atoms with E-state index in [1.807, 2.05) is 30.3 Å². The topological polar surface area (TPSA) is 92.7 Å². The van der Waals surface area contributed by atoms with Gasteiger partial charge in [0.25, 0.3) is 11.8 Å². The molecule has 3 aromatic rings. The van der Waals surface area contributed by atoms with Crippen LogP contribution in [0.1, 0.15) is 22.8 Å². The standard InChI is InChI=1S/C22H20N4O3/c1-16(25-26-22(28)18-6-5-13-23-14-18)17-9-11-20(12-10-17)29-15-21(27)24-19-7-3-2-4-8-19/h2-14H,15H2,1H3,(H,24,27)(H,26,28)/b25-16-. The van der Waals surface area contributed by atoms with Gasteiger partial charge in [-0.1, -0.05) is 18.2 Å². The van der Waals surface area contributed by atoms with Gasteiger partial charge < -0.3 is 10.1 Å². The Hall–Kier alpha value is -4.00. The lowest BCUT2D eigenvalue weighted by atomic mass is 10.1. The van der Waals surface area contributed by atoms with Crippen molar-refractivity contribution in [1.29, 1.82) is 0 Å². The quantitative estimate of drug-likeness (QED) is 0.480. The molecule has 0 aliphatic rings. The third kappa shape index (κ3) is 6.00. The maximum atomic E-state index is 12.0. The molecular weight excluding hydrogens is 368 g/mol. The van der Waals surface area contributed by atoms with E-state index in [4.69, 9.17) is 4.74 Å². The first-order chi connectivity index (χ1) is 14.1. The van der Waals surface area contributed by atoms with Gasteiger partial charge in [-0.25, -0.2) is 5.43 Å². The summed E-state index contributed by atoms with van der Waals surface area (Å²) >= 11 is 0. The summed E-state index contributed by atoms with van der Waals surface area (Å²) in [6.07, 6.45) is 3.07. The van der Waals surface area contributed by atoms with Gasteiger partial charge in [0.15, 0.2) is 6.61 Å². The molecule has 0 radical (unpaired) electrons. The van der Waals surface area contributed by atoms with E-state index in [-0.39, 0.29) is 18.4 Å². The van der Waals surface area contributed by atoms with Crippen LogP contribution in [0.15, 0.2) is 84.2 Å². The molecule has 0 bridgehead atoms. The Bertz CT molecular complexity index is 988. The minimum absolute atomic E-state index is 0.0948. The van der Waals surface area contributed by atoms with Crippen molar-refractivity contribution >= 4 is 23.2 Å². The third-order valence-corrected chi connectivity index (χ3v) is 3.95. The second kappa shape index (κ2) is 9.80. The molecule has 7 heteroatoms. The van der Waals surface area contributed by atoms with Gasteiger partial charge in [0.1, 0.15) is 5.75 Å². The molecule has 29 heavy (non-hydrogen) atoms. The van der Waals surface area contributed by atoms with Gasteiger partial charge >= 0.3 is 0 Å². The molecule has 0 spiro atoms. The Morgan fingerprint density at radius 1 is 0.966 bits per heavy atom. The van der Waals surface area contributed by atoms with Crippen LogP contribution >= 0.6 is 0 Å². The smallest absolute Gasteiger partial charge is 0.272 e. The first kappa shape index (κ1) is 19.8. The molecular formula is C22H20N4O3. The molecule has 3 rings (SSSR count). The average Bonchev–Trinajstić information content (AvgIpc) is 2.77. The van der Waals surface area contributed by atoms with Gasteiger partial charge in [-0.3, -0.25) is 14.6 Å². The highest BCUT2D eigenvalue weighted by Crippen LogP contribution is 2.13. The number of nitrogens with zero attached hydrogens (tertiary/aromatic N) is 2. The number of hydrazone groups is 1. The fourth-order valence-corrected chi connectivity index (χ4v) is 2.42. The van der Waals surface area contributed by atoms with Crippen molar-refractivity contribution in [3.63, 3.8) is 0 Å². The van der Waals surface area contributed by atoms with Gasteiger partial charge in [-0.15, -0.1) is 0 Å². The van der Waals surface area contributed by atoms with Crippen LogP contribution in [-0.4, -0.2) is 29.1 Å². The van der Waals surface area contributed by atoms with E-state index < -0.39 is 0 Å². The number of amides is 2. The first-order valence-corrected chi connectivity index (χ1v) is 8.94. The number of para-hydroxylation sites is 1. The van der Waals surface area contributed by atoms with Crippen LogP contribution in [-0.2, 0) is 4.79 Å². The largest absolute Gasteiger partial charge is 0.484 e. The number of nitrogens with one attached hydrogen (secondary N) is 2. The summed E-state index contributed by atoms with van der Waals surface area (Å²) in [5, 5.41) is 6.86. The number of pyridine rings is 1. The summed E-state index contributed by atoms with van der Waals surface area (Å²) in [4.78, 5) is 27.8. The number of hydrogen-bond acceptors (Lipinski definition) is 5. The number of rotatable bonds is 7. The van der Waals surface area contributed by atoms with Crippen LogP contribution in [0, 0.1) is 0 Å². The molecule has 146 valence electrons. The summed E-state index contributed by atoms with van der Waals surface area (Å²) in [5.74, 6) is -0.0119. The zero-order chi connectivity index (χ0) is 20.5. The minimum Gasteiger partial charge on any atom is -0.484 e. The lowest BCUT2D eigenvalue weighted by Crippen LogP contribution is -2.20. The summed E-state index contributed by atoms with van der Waals surface area (Å²) < 4.78 is 5.50. The maximum Gasteiger partial charge on any atom is 0.272 e. The summed E-state index contributed by atoms with van der Waals surface area (Å²) in [5.41, 5.74) is 5.10. The molecule has 0 saturated carbocycles. The zero-order valence-electron chi connectivity index (χ0n) is 15.8. The SMILES string of the molecule is C/C(=N/NC(=O)c1cccnc1)c1ccc(OCC(=O)Nc2ccccc2)cc1. The molecule has 0 aliphatic carbocycles. The van der Waals surface area contributed by atoms with E-state index in [0.29, 0.717) is 17.0 Å². The van der Waals surface area contributed by atoms with Crippen LogP contribution < -0.4 is 15.5 Å². The van der Waals surface area contributed by atoms with E-state index in [1.165, 1.54) is 6.20 Å². The number of hydrogen-bond donors (Lipinski definition) is 2. The predicted octanol–water partition coefficient (Wildman–Crippen LogP) is 3.25. The van der Waals surface area contributed by atoms with Crippen LogP contribution in [0.5, 0.6) is 5.75 Å². The number of carbonyl (C=O) groups is 2. The molecule has 0 saturated heterocycles. The second-order valence-electron chi connectivity index (χ2n) is 6.11. The van der Waals surface area contributed by atoms with Crippen molar-refractivity contribution in [2.24, 2.45) is 5.10 Å². The summed E-state index contributed by atoms with van der Waals surface area (Å²) in [7, 11) is 0. The van der Waals surface area contributed by atoms with Gasteiger partial charge in [-0.2, -0.15) is 5.10 Å². The van der Waals surface area contributed by atoms with E-state index in [0.717, 1.165) is 11.3 Å². The number of aromatic nitrogens is 1. The van der Waals surface area contributed by atoms with Crippen molar-refractivity contribution < 1.29 is 14.3 Å². The van der Waals surface area contributed by atoms with Gasteiger partial charge in [0, 0.05) is 18.1 Å². The molecule has 2 aromatic carbocycles. The highest BCUT2D eigenvalue weighted by Gasteiger charge is 2.06. The van der Waals surface area contributed by atoms with E-state index in [9.17, 15) is 9.59 Å². The van der Waals surface area contributed by atoms with Crippen LogP contribution in [0.3, 0.4) is 0 Å².